The van der Waals surface area contributed by atoms with Crippen LogP contribution in [-0.2, 0) is 6.61 Å². The lowest BCUT2D eigenvalue weighted by Gasteiger charge is -2.27. The second-order valence-electron chi connectivity index (χ2n) is 6.44. The molecule has 0 bridgehead atoms. The number of nitrogens with zero attached hydrogens (tertiary/aromatic N) is 3. The average molecular weight is 347 g/mol. The molecule has 4 rings (SSSR count). The first-order valence-corrected chi connectivity index (χ1v) is 8.83. The fraction of sp³-hybridized carbons (Fsp3) is 0.238. The van der Waals surface area contributed by atoms with Gasteiger partial charge < -0.3 is 9.84 Å². The van der Waals surface area contributed by atoms with Crippen molar-refractivity contribution in [3.05, 3.63) is 66.5 Å². The molecule has 1 aliphatic carbocycles. The van der Waals surface area contributed by atoms with Gasteiger partial charge >= 0.3 is 0 Å². The van der Waals surface area contributed by atoms with Gasteiger partial charge in [0.2, 0.25) is 0 Å². The predicted molar refractivity (Wildman–Crippen MR) is 101 cm³/mol. The van der Waals surface area contributed by atoms with E-state index in [1.54, 1.807) is 24.4 Å². The van der Waals surface area contributed by atoms with Gasteiger partial charge in [-0.05, 0) is 43.5 Å². The number of pyridine rings is 1. The van der Waals surface area contributed by atoms with Crippen LogP contribution in [0.1, 0.15) is 36.4 Å². The van der Waals surface area contributed by atoms with Gasteiger partial charge in [-0.25, -0.2) is 0 Å². The molecule has 1 aliphatic rings. The standard InChI is InChI=1S/C21H21N3O2/c1-2-17-19(25)9-4-10-20(17)26-14-15-6-5-12-22-21(15)18-11-13-23-24(18)16-7-3-8-16/h2,4-6,9-13,16,25H,1,3,7-8,14H2. The smallest absolute Gasteiger partial charge is 0.130 e. The average Bonchev–Trinajstić information content (AvgIpc) is 3.07. The second kappa shape index (κ2) is 7.04. The van der Waals surface area contributed by atoms with Crippen molar-refractivity contribution >= 4 is 6.08 Å². The van der Waals surface area contributed by atoms with Crippen LogP contribution in [0.15, 0.2) is 55.4 Å². The van der Waals surface area contributed by atoms with Crippen molar-refractivity contribution in [1.29, 1.82) is 0 Å². The largest absolute Gasteiger partial charge is 0.507 e. The van der Waals surface area contributed by atoms with Gasteiger partial charge in [0.05, 0.1) is 23.0 Å². The van der Waals surface area contributed by atoms with Crippen LogP contribution in [0.2, 0.25) is 0 Å². The quantitative estimate of drug-likeness (QED) is 0.708. The second-order valence-corrected chi connectivity index (χ2v) is 6.44. The van der Waals surface area contributed by atoms with Gasteiger partial charge in [-0.2, -0.15) is 5.10 Å². The third kappa shape index (κ3) is 2.96. The number of hydrogen-bond donors (Lipinski definition) is 1. The van der Waals surface area contributed by atoms with Crippen molar-refractivity contribution in [2.24, 2.45) is 0 Å². The van der Waals surface area contributed by atoms with Crippen LogP contribution in [-0.4, -0.2) is 19.9 Å². The van der Waals surface area contributed by atoms with Crippen LogP contribution < -0.4 is 4.74 Å². The molecule has 3 aromatic rings. The zero-order valence-electron chi connectivity index (χ0n) is 14.5. The van der Waals surface area contributed by atoms with E-state index in [2.05, 4.69) is 21.3 Å². The molecule has 132 valence electrons. The first-order chi connectivity index (χ1) is 12.8. The van der Waals surface area contributed by atoms with Gasteiger partial charge in [0, 0.05) is 18.0 Å². The zero-order chi connectivity index (χ0) is 17.9. The maximum Gasteiger partial charge on any atom is 0.130 e. The zero-order valence-corrected chi connectivity index (χ0v) is 14.5. The van der Waals surface area contributed by atoms with E-state index in [0.717, 1.165) is 17.0 Å². The van der Waals surface area contributed by atoms with Gasteiger partial charge in [-0.15, -0.1) is 0 Å². The molecular formula is C21H21N3O2. The molecular weight excluding hydrogens is 326 g/mol. The minimum Gasteiger partial charge on any atom is -0.507 e. The van der Waals surface area contributed by atoms with E-state index in [1.807, 2.05) is 30.5 Å². The minimum absolute atomic E-state index is 0.159. The maximum absolute atomic E-state index is 9.95. The lowest BCUT2D eigenvalue weighted by atomic mass is 9.93. The highest BCUT2D eigenvalue weighted by molar-refractivity contribution is 5.63. The Hall–Kier alpha value is -3.08. The Morgan fingerprint density at radius 2 is 2.08 bits per heavy atom. The van der Waals surface area contributed by atoms with Crippen LogP contribution in [0.3, 0.4) is 0 Å². The van der Waals surface area contributed by atoms with E-state index < -0.39 is 0 Å². The van der Waals surface area contributed by atoms with Crippen LogP contribution in [0, 0.1) is 0 Å². The molecule has 1 saturated carbocycles. The van der Waals surface area contributed by atoms with Crippen LogP contribution in [0.5, 0.6) is 11.5 Å². The Balaban J connectivity index is 1.62. The Bertz CT molecular complexity index is 929. The molecule has 5 heteroatoms. The van der Waals surface area contributed by atoms with E-state index in [4.69, 9.17) is 4.74 Å². The lowest BCUT2D eigenvalue weighted by molar-refractivity contribution is 0.290. The number of phenolic OH excluding ortho intramolecular Hbond substituents is 1. The third-order valence-corrected chi connectivity index (χ3v) is 4.86. The van der Waals surface area contributed by atoms with Gasteiger partial charge in [-0.3, -0.25) is 9.67 Å². The summed E-state index contributed by atoms with van der Waals surface area (Å²) < 4.78 is 8.06. The van der Waals surface area contributed by atoms with E-state index in [0.29, 0.717) is 24.0 Å². The number of rotatable bonds is 6. The Labute approximate surface area is 152 Å². The van der Waals surface area contributed by atoms with E-state index >= 15 is 0 Å². The van der Waals surface area contributed by atoms with Crippen LogP contribution in [0.25, 0.3) is 17.5 Å². The first-order valence-electron chi connectivity index (χ1n) is 8.83. The van der Waals surface area contributed by atoms with Gasteiger partial charge in [0.1, 0.15) is 18.1 Å². The Morgan fingerprint density at radius 3 is 2.85 bits per heavy atom. The molecule has 1 N–H and O–H groups in total. The molecule has 26 heavy (non-hydrogen) atoms. The van der Waals surface area contributed by atoms with E-state index in [-0.39, 0.29) is 5.75 Å². The van der Waals surface area contributed by atoms with Crippen molar-refractivity contribution in [3.63, 3.8) is 0 Å². The van der Waals surface area contributed by atoms with Gasteiger partial charge in [-0.1, -0.05) is 24.8 Å². The van der Waals surface area contributed by atoms with E-state index in [1.165, 1.54) is 19.3 Å². The summed E-state index contributed by atoms with van der Waals surface area (Å²) >= 11 is 0. The highest BCUT2D eigenvalue weighted by Gasteiger charge is 2.24. The summed E-state index contributed by atoms with van der Waals surface area (Å²) in [7, 11) is 0. The number of ether oxygens (including phenoxy) is 1. The normalized spacial score (nSPS) is 14.0. The molecule has 5 nitrogen and oxygen atoms in total. The molecule has 2 heterocycles. The fourth-order valence-corrected chi connectivity index (χ4v) is 3.23. The molecule has 0 amide bonds. The number of phenols is 1. The first kappa shape index (κ1) is 16.4. The summed E-state index contributed by atoms with van der Waals surface area (Å²) in [5.41, 5.74) is 3.48. The number of aromatic nitrogens is 3. The molecule has 0 spiro atoms. The highest BCUT2D eigenvalue weighted by Crippen LogP contribution is 2.35. The monoisotopic (exact) mass is 347 g/mol. The van der Waals surface area contributed by atoms with Crippen molar-refractivity contribution in [1.82, 2.24) is 14.8 Å². The Morgan fingerprint density at radius 1 is 1.19 bits per heavy atom. The number of benzene rings is 1. The molecule has 0 atom stereocenters. The molecule has 1 aromatic carbocycles. The molecule has 1 fully saturated rings. The van der Waals surface area contributed by atoms with Crippen molar-refractivity contribution in [2.45, 2.75) is 31.9 Å². The Kier molecular flexibility index (Phi) is 4.44. The van der Waals surface area contributed by atoms with Gasteiger partial charge in [0.25, 0.3) is 0 Å². The molecule has 0 aliphatic heterocycles. The topological polar surface area (TPSA) is 60.2 Å². The van der Waals surface area contributed by atoms with Crippen LogP contribution in [0.4, 0.5) is 0 Å². The third-order valence-electron chi connectivity index (χ3n) is 4.86. The maximum atomic E-state index is 9.95. The predicted octanol–water partition coefficient (Wildman–Crippen LogP) is 4.60. The number of aromatic hydroxyl groups is 1. The molecule has 0 unspecified atom stereocenters. The van der Waals surface area contributed by atoms with Crippen LogP contribution >= 0.6 is 0 Å². The summed E-state index contributed by atoms with van der Waals surface area (Å²) in [5, 5.41) is 14.5. The van der Waals surface area contributed by atoms with Gasteiger partial charge in [0.15, 0.2) is 0 Å². The fourth-order valence-electron chi connectivity index (χ4n) is 3.23. The SMILES string of the molecule is C=Cc1c(O)cccc1OCc1cccnc1-c1ccnn1C1CCC1. The summed E-state index contributed by atoms with van der Waals surface area (Å²) in [6, 6.07) is 11.6. The minimum atomic E-state index is 0.159. The summed E-state index contributed by atoms with van der Waals surface area (Å²) in [6.45, 7) is 4.10. The summed E-state index contributed by atoms with van der Waals surface area (Å²) in [4.78, 5) is 4.58. The van der Waals surface area contributed by atoms with E-state index in [9.17, 15) is 5.11 Å². The van der Waals surface area contributed by atoms with Crippen molar-refractivity contribution < 1.29 is 9.84 Å². The van der Waals surface area contributed by atoms with Crippen molar-refractivity contribution in [3.8, 4) is 22.9 Å². The molecule has 2 aromatic heterocycles. The number of hydrogen-bond acceptors (Lipinski definition) is 4. The molecule has 0 saturated heterocycles. The summed E-state index contributed by atoms with van der Waals surface area (Å²) in [5.74, 6) is 0.759. The van der Waals surface area contributed by atoms with Crippen molar-refractivity contribution in [2.75, 3.05) is 0 Å². The molecule has 0 radical (unpaired) electrons. The lowest BCUT2D eigenvalue weighted by Crippen LogP contribution is -2.19. The summed E-state index contributed by atoms with van der Waals surface area (Å²) in [6.07, 6.45) is 8.81. The highest BCUT2D eigenvalue weighted by atomic mass is 16.5.